The Hall–Kier alpha value is -1.87. The van der Waals surface area contributed by atoms with Crippen molar-refractivity contribution in [3.05, 3.63) is 48.0 Å². The monoisotopic (exact) mass is 310 g/mol. The molecule has 23 heavy (non-hydrogen) atoms. The van der Waals surface area contributed by atoms with E-state index in [2.05, 4.69) is 54.4 Å². The summed E-state index contributed by atoms with van der Waals surface area (Å²) in [6.07, 6.45) is 2.40. The number of hydrogen-bond donors (Lipinski definition) is 1. The van der Waals surface area contributed by atoms with Gasteiger partial charge >= 0.3 is 0 Å². The van der Waals surface area contributed by atoms with Crippen LogP contribution in [-0.4, -0.2) is 30.4 Å². The minimum Gasteiger partial charge on any atom is -0.348 e. The third-order valence-corrected chi connectivity index (χ3v) is 4.89. The normalized spacial score (nSPS) is 18.0. The zero-order chi connectivity index (χ0) is 16.2. The molecule has 1 amide bonds. The van der Waals surface area contributed by atoms with Crippen molar-refractivity contribution in [1.29, 1.82) is 0 Å². The molecule has 1 N–H and O–H groups in total. The fourth-order valence-electron chi connectivity index (χ4n) is 3.27. The molecule has 0 aromatic heterocycles. The fraction of sp³-hybridized carbons (Fsp3) is 0.450. The van der Waals surface area contributed by atoms with Gasteiger partial charge in [0.05, 0.1) is 12.6 Å². The Labute approximate surface area is 138 Å². The summed E-state index contributed by atoms with van der Waals surface area (Å²) in [5, 5.41) is 5.59. The van der Waals surface area contributed by atoms with Crippen LogP contribution in [0, 0.1) is 5.92 Å². The number of nitrogens with zero attached hydrogens (tertiary/aromatic N) is 1. The second-order valence-corrected chi connectivity index (χ2v) is 6.85. The number of carbonyl (C=O) groups is 1. The van der Waals surface area contributed by atoms with E-state index in [0.717, 1.165) is 24.6 Å². The van der Waals surface area contributed by atoms with Gasteiger partial charge in [0.2, 0.25) is 5.91 Å². The maximum Gasteiger partial charge on any atom is 0.234 e. The second kappa shape index (κ2) is 7.14. The number of carbonyl (C=O) groups excluding carboxylic acids is 1. The molecule has 0 spiro atoms. The van der Waals surface area contributed by atoms with Gasteiger partial charge in [0.25, 0.3) is 0 Å². The van der Waals surface area contributed by atoms with Gasteiger partial charge in [-0.2, -0.15) is 0 Å². The minimum absolute atomic E-state index is 0.0378. The molecule has 3 heteroatoms. The molecule has 2 aromatic rings. The lowest BCUT2D eigenvalue weighted by molar-refractivity contribution is -0.123. The van der Waals surface area contributed by atoms with Crippen LogP contribution in [0.15, 0.2) is 42.5 Å². The van der Waals surface area contributed by atoms with Gasteiger partial charge in [-0.15, -0.1) is 0 Å². The Morgan fingerprint density at radius 2 is 1.87 bits per heavy atom. The van der Waals surface area contributed by atoms with Gasteiger partial charge in [-0.05, 0) is 61.2 Å². The summed E-state index contributed by atoms with van der Waals surface area (Å²) in [5.74, 6) is 0.922. The lowest BCUT2D eigenvalue weighted by atomic mass is 9.99. The molecule has 3 rings (SSSR count). The van der Waals surface area contributed by atoms with Crippen LogP contribution in [0.25, 0.3) is 10.8 Å². The van der Waals surface area contributed by atoms with E-state index in [1.807, 2.05) is 12.1 Å². The molecule has 0 bridgehead atoms. The van der Waals surface area contributed by atoms with Crippen molar-refractivity contribution in [2.45, 2.75) is 32.7 Å². The fourth-order valence-corrected chi connectivity index (χ4v) is 3.27. The SMILES string of the molecule is CC1CCN(CC(=O)NC(C)c2ccc3ccccc3c2)CC1. The lowest BCUT2D eigenvalue weighted by Crippen LogP contribution is -2.41. The van der Waals surface area contributed by atoms with E-state index in [1.54, 1.807) is 0 Å². The zero-order valence-corrected chi connectivity index (χ0v) is 14.1. The standard InChI is InChI=1S/C20H26N2O/c1-15-9-11-22(12-10-15)14-20(23)21-16(2)18-8-7-17-5-3-4-6-19(17)13-18/h3-8,13,15-16H,9-12,14H2,1-2H3,(H,21,23). The van der Waals surface area contributed by atoms with Gasteiger partial charge in [0, 0.05) is 0 Å². The molecule has 0 aliphatic carbocycles. The Balaban J connectivity index is 1.58. The van der Waals surface area contributed by atoms with E-state index in [1.165, 1.54) is 23.6 Å². The first-order chi connectivity index (χ1) is 11.1. The minimum atomic E-state index is 0.0378. The van der Waals surface area contributed by atoms with Crippen molar-refractivity contribution < 1.29 is 4.79 Å². The summed E-state index contributed by atoms with van der Waals surface area (Å²) in [7, 11) is 0. The highest BCUT2D eigenvalue weighted by Crippen LogP contribution is 2.20. The highest BCUT2D eigenvalue weighted by molar-refractivity contribution is 5.83. The molecule has 122 valence electrons. The number of likely N-dealkylation sites (tertiary alicyclic amines) is 1. The van der Waals surface area contributed by atoms with Crippen LogP contribution in [0.2, 0.25) is 0 Å². The maximum absolute atomic E-state index is 12.3. The molecule has 3 nitrogen and oxygen atoms in total. The van der Waals surface area contributed by atoms with E-state index in [-0.39, 0.29) is 11.9 Å². The van der Waals surface area contributed by atoms with Crippen molar-refractivity contribution in [3.8, 4) is 0 Å². The molecule has 1 heterocycles. The van der Waals surface area contributed by atoms with Crippen LogP contribution in [0.1, 0.15) is 38.3 Å². The van der Waals surface area contributed by atoms with Crippen molar-refractivity contribution in [2.75, 3.05) is 19.6 Å². The van der Waals surface area contributed by atoms with Crippen molar-refractivity contribution in [2.24, 2.45) is 5.92 Å². The van der Waals surface area contributed by atoms with Crippen LogP contribution in [0.3, 0.4) is 0 Å². The Bertz CT molecular complexity index is 674. The number of hydrogen-bond acceptors (Lipinski definition) is 2. The first-order valence-corrected chi connectivity index (χ1v) is 8.62. The molecule has 1 aliphatic heterocycles. The molecule has 1 aliphatic rings. The molecule has 1 atom stereocenters. The number of benzene rings is 2. The van der Waals surface area contributed by atoms with E-state index < -0.39 is 0 Å². The average Bonchev–Trinajstić information content (AvgIpc) is 2.56. The summed E-state index contributed by atoms with van der Waals surface area (Å²) < 4.78 is 0. The van der Waals surface area contributed by atoms with Gasteiger partial charge in [-0.1, -0.05) is 43.3 Å². The molecule has 1 unspecified atom stereocenters. The highest BCUT2D eigenvalue weighted by Gasteiger charge is 2.19. The summed E-state index contributed by atoms with van der Waals surface area (Å²) in [6, 6.07) is 14.8. The summed E-state index contributed by atoms with van der Waals surface area (Å²) in [5.41, 5.74) is 1.16. The van der Waals surface area contributed by atoms with Gasteiger partial charge < -0.3 is 5.32 Å². The average molecular weight is 310 g/mol. The summed E-state index contributed by atoms with van der Waals surface area (Å²) in [6.45, 7) is 6.95. The van der Waals surface area contributed by atoms with Crippen LogP contribution in [0.5, 0.6) is 0 Å². The largest absolute Gasteiger partial charge is 0.348 e. The van der Waals surface area contributed by atoms with Crippen molar-refractivity contribution in [3.63, 3.8) is 0 Å². The van der Waals surface area contributed by atoms with Gasteiger partial charge in [-0.3, -0.25) is 9.69 Å². The number of nitrogens with one attached hydrogen (secondary N) is 1. The van der Waals surface area contributed by atoms with Crippen molar-refractivity contribution >= 4 is 16.7 Å². The second-order valence-electron chi connectivity index (χ2n) is 6.85. The van der Waals surface area contributed by atoms with E-state index in [9.17, 15) is 4.79 Å². The van der Waals surface area contributed by atoms with E-state index in [0.29, 0.717) is 6.54 Å². The first kappa shape index (κ1) is 16.0. The van der Waals surface area contributed by atoms with E-state index in [4.69, 9.17) is 0 Å². The Morgan fingerprint density at radius 3 is 2.61 bits per heavy atom. The van der Waals surface area contributed by atoms with Crippen LogP contribution >= 0.6 is 0 Å². The molecule has 0 radical (unpaired) electrons. The number of fused-ring (bicyclic) bond motifs is 1. The maximum atomic E-state index is 12.3. The van der Waals surface area contributed by atoms with Crippen LogP contribution in [0.4, 0.5) is 0 Å². The van der Waals surface area contributed by atoms with Crippen molar-refractivity contribution in [1.82, 2.24) is 10.2 Å². The van der Waals surface area contributed by atoms with Gasteiger partial charge in [0.15, 0.2) is 0 Å². The molecular weight excluding hydrogens is 284 g/mol. The highest BCUT2D eigenvalue weighted by atomic mass is 16.2. The predicted octanol–water partition coefficient (Wildman–Crippen LogP) is 3.75. The topological polar surface area (TPSA) is 32.3 Å². The molecule has 1 saturated heterocycles. The molecule has 1 fully saturated rings. The van der Waals surface area contributed by atoms with Gasteiger partial charge in [0.1, 0.15) is 0 Å². The Kier molecular flexibility index (Phi) is 4.97. The molecule has 2 aromatic carbocycles. The number of piperidine rings is 1. The third kappa shape index (κ3) is 4.11. The number of amides is 1. The van der Waals surface area contributed by atoms with Crippen LogP contribution < -0.4 is 5.32 Å². The molecule has 0 saturated carbocycles. The predicted molar refractivity (Wildman–Crippen MR) is 95.3 cm³/mol. The third-order valence-electron chi connectivity index (χ3n) is 4.89. The first-order valence-electron chi connectivity index (χ1n) is 8.62. The summed E-state index contributed by atoms with van der Waals surface area (Å²) in [4.78, 5) is 14.6. The quantitative estimate of drug-likeness (QED) is 0.933. The smallest absolute Gasteiger partial charge is 0.234 e. The van der Waals surface area contributed by atoms with E-state index >= 15 is 0 Å². The van der Waals surface area contributed by atoms with Gasteiger partial charge in [-0.25, -0.2) is 0 Å². The number of rotatable bonds is 4. The molecular formula is C20H26N2O. The summed E-state index contributed by atoms with van der Waals surface area (Å²) >= 11 is 0. The zero-order valence-electron chi connectivity index (χ0n) is 14.1. The Morgan fingerprint density at radius 1 is 1.17 bits per heavy atom. The lowest BCUT2D eigenvalue weighted by Gasteiger charge is -2.30. The van der Waals surface area contributed by atoms with Crippen LogP contribution in [-0.2, 0) is 4.79 Å².